The molecular weight excluding hydrogens is 524 g/mol. The Morgan fingerprint density at radius 2 is 1.66 bits per heavy atom. The van der Waals surface area contributed by atoms with Gasteiger partial charge in [0.1, 0.15) is 17.1 Å². The van der Waals surface area contributed by atoms with Crippen molar-refractivity contribution < 1.29 is 23.4 Å². The van der Waals surface area contributed by atoms with E-state index in [1.807, 2.05) is 43.3 Å². The van der Waals surface area contributed by atoms with Crippen molar-refractivity contribution in [1.29, 1.82) is 0 Å². The number of methoxy groups -OCH3 is 1. The molecule has 0 unspecified atom stereocenters. The molecular formula is C32H30N2O7. The second kappa shape index (κ2) is 11.0. The van der Waals surface area contributed by atoms with Crippen LogP contribution < -0.4 is 25.6 Å². The van der Waals surface area contributed by atoms with Crippen molar-refractivity contribution in [2.45, 2.75) is 13.5 Å². The number of piperazine rings is 1. The first-order valence-electron chi connectivity index (χ1n) is 13.5. The minimum absolute atomic E-state index is 0.0299. The molecule has 210 valence electrons. The summed E-state index contributed by atoms with van der Waals surface area (Å²) < 4.78 is 22.2. The highest BCUT2D eigenvalue weighted by atomic mass is 16.5. The van der Waals surface area contributed by atoms with Crippen LogP contribution >= 0.6 is 0 Å². The van der Waals surface area contributed by atoms with Gasteiger partial charge in [0.15, 0.2) is 11.3 Å². The average molecular weight is 555 g/mol. The van der Waals surface area contributed by atoms with Gasteiger partial charge in [-0.3, -0.25) is 4.90 Å². The highest BCUT2D eigenvalue weighted by molar-refractivity contribution is 5.97. The molecule has 1 aliphatic rings. The molecule has 0 radical (unpaired) electrons. The van der Waals surface area contributed by atoms with Crippen LogP contribution in [-0.2, 0) is 6.54 Å². The van der Waals surface area contributed by atoms with Gasteiger partial charge < -0.3 is 28.3 Å². The minimum Gasteiger partial charge on any atom is -0.507 e. The Labute approximate surface area is 235 Å². The summed E-state index contributed by atoms with van der Waals surface area (Å²) in [6, 6.07) is 19.6. The fourth-order valence-electron chi connectivity index (χ4n) is 5.40. The van der Waals surface area contributed by atoms with Crippen molar-refractivity contribution in [2.75, 3.05) is 44.8 Å². The van der Waals surface area contributed by atoms with Gasteiger partial charge >= 0.3 is 11.3 Å². The number of ether oxygens (including phenoxy) is 2. The van der Waals surface area contributed by atoms with Crippen molar-refractivity contribution in [3.05, 3.63) is 93.1 Å². The van der Waals surface area contributed by atoms with E-state index >= 15 is 0 Å². The number of rotatable bonds is 7. The first kappa shape index (κ1) is 26.5. The van der Waals surface area contributed by atoms with Gasteiger partial charge in [0.2, 0.25) is 0 Å². The summed E-state index contributed by atoms with van der Waals surface area (Å²) in [5, 5.41) is 12.1. The van der Waals surface area contributed by atoms with E-state index < -0.39 is 11.3 Å². The van der Waals surface area contributed by atoms with E-state index in [1.54, 1.807) is 31.4 Å². The van der Waals surface area contributed by atoms with Crippen LogP contribution in [0.15, 0.2) is 85.2 Å². The van der Waals surface area contributed by atoms with Gasteiger partial charge in [-0.2, -0.15) is 0 Å². The van der Waals surface area contributed by atoms with Crippen LogP contribution in [-0.4, -0.2) is 49.9 Å². The average Bonchev–Trinajstić information content (AvgIpc) is 2.99. The second-order valence-corrected chi connectivity index (χ2v) is 9.94. The third-order valence-corrected chi connectivity index (χ3v) is 7.50. The normalized spacial score (nSPS) is 14.0. The molecule has 9 heteroatoms. The predicted molar refractivity (Wildman–Crippen MR) is 157 cm³/mol. The van der Waals surface area contributed by atoms with E-state index in [0.29, 0.717) is 46.4 Å². The number of benzene rings is 3. The largest absolute Gasteiger partial charge is 0.507 e. The Morgan fingerprint density at radius 3 is 2.39 bits per heavy atom. The molecule has 1 N–H and O–H groups in total. The predicted octanol–water partition coefficient (Wildman–Crippen LogP) is 5.00. The fourth-order valence-corrected chi connectivity index (χ4v) is 5.40. The first-order chi connectivity index (χ1) is 19.9. The van der Waals surface area contributed by atoms with E-state index in [1.165, 1.54) is 6.07 Å². The van der Waals surface area contributed by atoms with E-state index in [4.69, 9.17) is 18.3 Å². The highest BCUT2D eigenvalue weighted by Crippen LogP contribution is 2.35. The van der Waals surface area contributed by atoms with Crippen LogP contribution in [0.1, 0.15) is 12.5 Å². The molecule has 41 heavy (non-hydrogen) atoms. The van der Waals surface area contributed by atoms with Gasteiger partial charge in [-0.05, 0) is 55.5 Å². The summed E-state index contributed by atoms with van der Waals surface area (Å²) in [6.07, 6.45) is 0. The quantitative estimate of drug-likeness (QED) is 0.278. The number of aromatic hydroxyl groups is 1. The monoisotopic (exact) mass is 554 g/mol. The van der Waals surface area contributed by atoms with Gasteiger partial charge in [0, 0.05) is 60.8 Å². The molecule has 5 aromatic rings. The van der Waals surface area contributed by atoms with Gasteiger partial charge in [-0.1, -0.05) is 12.1 Å². The number of anilines is 1. The zero-order valence-corrected chi connectivity index (χ0v) is 22.9. The maximum atomic E-state index is 13.2. The zero-order valence-electron chi connectivity index (χ0n) is 22.9. The summed E-state index contributed by atoms with van der Waals surface area (Å²) in [4.78, 5) is 30.4. The lowest BCUT2D eigenvalue weighted by Gasteiger charge is -2.36. The van der Waals surface area contributed by atoms with Crippen molar-refractivity contribution >= 4 is 27.6 Å². The molecule has 0 saturated carbocycles. The summed E-state index contributed by atoms with van der Waals surface area (Å²) in [5.41, 5.74) is 1.63. The molecule has 0 atom stereocenters. The summed E-state index contributed by atoms with van der Waals surface area (Å²) >= 11 is 0. The van der Waals surface area contributed by atoms with Gasteiger partial charge in [-0.15, -0.1) is 0 Å². The van der Waals surface area contributed by atoms with E-state index in [9.17, 15) is 14.7 Å². The Hall–Kier alpha value is -4.76. The van der Waals surface area contributed by atoms with Crippen LogP contribution in [0.3, 0.4) is 0 Å². The zero-order chi connectivity index (χ0) is 28.5. The number of hydrogen-bond acceptors (Lipinski definition) is 9. The van der Waals surface area contributed by atoms with Crippen LogP contribution in [0.2, 0.25) is 0 Å². The standard InChI is InChI=1S/C32H30N2O7/c1-3-39-28-6-4-5-20-17-25(32(37)41-30(20)28)24-18-29(36)40-31-23(24)11-12-27(35)26(31)19-33-13-15-34(16-14-33)21-7-9-22(38-2)10-8-21/h4-12,17-18,35H,3,13-16,19H2,1-2H3. The Kier molecular flexibility index (Phi) is 7.11. The van der Waals surface area contributed by atoms with E-state index in [-0.39, 0.29) is 16.9 Å². The molecule has 3 aromatic carbocycles. The molecule has 1 fully saturated rings. The highest BCUT2D eigenvalue weighted by Gasteiger charge is 2.23. The number of phenols is 1. The topological polar surface area (TPSA) is 106 Å². The number of phenolic OH excluding ortho intramolecular Hbond substituents is 1. The molecule has 0 aliphatic carbocycles. The van der Waals surface area contributed by atoms with E-state index in [0.717, 1.165) is 37.6 Å². The maximum absolute atomic E-state index is 13.2. The van der Waals surface area contributed by atoms with Crippen molar-refractivity contribution in [1.82, 2.24) is 4.90 Å². The van der Waals surface area contributed by atoms with Crippen LogP contribution in [0, 0.1) is 0 Å². The van der Waals surface area contributed by atoms with Gasteiger partial charge in [0.25, 0.3) is 0 Å². The molecule has 0 spiro atoms. The summed E-state index contributed by atoms with van der Waals surface area (Å²) in [6.45, 7) is 5.77. The number of fused-ring (bicyclic) bond motifs is 2. The smallest absolute Gasteiger partial charge is 0.344 e. The number of para-hydroxylation sites is 1. The van der Waals surface area contributed by atoms with Crippen LogP contribution in [0.5, 0.6) is 17.2 Å². The SMILES string of the molecule is CCOc1cccc2cc(-c3cc(=O)oc4c(CN5CCN(c6ccc(OC)cc6)CC5)c(O)ccc34)c(=O)oc12. The molecule has 1 saturated heterocycles. The summed E-state index contributed by atoms with van der Waals surface area (Å²) in [5.74, 6) is 1.32. The first-order valence-corrected chi connectivity index (χ1v) is 13.5. The van der Waals surface area contributed by atoms with Crippen molar-refractivity contribution in [3.63, 3.8) is 0 Å². The Morgan fingerprint density at radius 1 is 0.878 bits per heavy atom. The molecule has 6 rings (SSSR count). The molecule has 9 nitrogen and oxygen atoms in total. The molecule has 0 amide bonds. The van der Waals surface area contributed by atoms with Gasteiger partial charge in [0.05, 0.1) is 24.8 Å². The Bertz CT molecular complexity index is 1830. The number of hydrogen-bond donors (Lipinski definition) is 1. The third-order valence-electron chi connectivity index (χ3n) is 7.50. The van der Waals surface area contributed by atoms with Crippen molar-refractivity contribution in [2.24, 2.45) is 0 Å². The number of nitrogens with zero attached hydrogens (tertiary/aromatic N) is 2. The van der Waals surface area contributed by atoms with Crippen LogP contribution in [0.4, 0.5) is 5.69 Å². The lowest BCUT2D eigenvalue weighted by Crippen LogP contribution is -2.46. The molecule has 3 heterocycles. The van der Waals surface area contributed by atoms with Gasteiger partial charge in [-0.25, -0.2) is 9.59 Å². The minimum atomic E-state index is -0.619. The fraction of sp³-hybridized carbons (Fsp3) is 0.250. The second-order valence-electron chi connectivity index (χ2n) is 9.94. The lowest BCUT2D eigenvalue weighted by atomic mass is 9.99. The third kappa shape index (κ3) is 5.12. The molecule has 2 aromatic heterocycles. The van der Waals surface area contributed by atoms with Crippen LogP contribution in [0.25, 0.3) is 33.1 Å². The molecule has 0 bridgehead atoms. The molecule has 1 aliphatic heterocycles. The van der Waals surface area contributed by atoms with Crippen molar-refractivity contribution in [3.8, 4) is 28.4 Å². The van der Waals surface area contributed by atoms with E-state index in [2.05, 4.69) is 9.80 Å². The Balaban J connectivity index is 1.33. The summed E-state index contributed by atoms with van der Waals surface area (Å²) in [7, 11) is 1.65. The maximum Gasteiger partial charge on any atom is 0.344 e. The lowest BCUT2D eigenvalue weighted by molar-refractivity contribution is 0.246.